The lowest BCUT2D eigenvalue weighted by atomic mass is 10.2. The van der Waals surface area contributed by atoms with E-state index >= 15 is 0 Å². The first-order chi connectivity index (χ1) is 11.1. The molecule has 5 nitrogen and oxygen atoms in total. The van der Waals surface area contributed by atoms with Crippen LogP contribution in [-0.2, 0) is 9.53 Å². The topological polar surface area (TPSA) is 58.6 Å². The first kappa shape index (κ1) is 19.3. The summed E-state index contributed by atoms with van der Waals surface area (Å²) < 4.78 is 41.8. The number of hydrogen-bond donors (Lipinski definition) is 1. The largest absolute Gasteiger partial charge is 0.465 e. The monoisotopic (exact) mass is 342 g/mol. The summed E-state index contributed by atoms with van der Waals surface area (Å²) in [5.41, 5.74) is 0.660. The number of halogens is 3. The molecule has 8 heteroatoms. The molecule has 0 aliphatic heterocycles. The summed E-state index contributed by atoms with van der Waals surface area (Å²) in [7, 11) is 4.61. The van der Waals surface area contributed by atoms with Gasteiger partial charge in [-0.05, 0) is 30.3 Å². The Morgan fingerprint density at radius 3 is 2.21 bits per heavy atom. The standard InChI is InChI=1S/C16H17F3N2O3/c1-21(2)9-8-13(10-14(22)16(17,18)19)20-12-6-4-11(5-7-12)15(23)24-3/h4-10,20H,1-3H3/b9-8+,13-10+. The molecule has 0 heterocycles. The van der Waals surface area contributed by atoms with E-state index in [-0.39, 0.29) is 5.70 Å². The number of esters is 1. The number of nitrogens with zero attached hydrogens (tertiary/aromatic N) is 1. The predicted molar refractivity (Wildman–Crippen MR) is 83.4 cm³/mol. The van der Waals surface area contributed by atoms with E-state index in [1.54, 1.807) is 19.0 Å². The van der Waals surface area contributed by atoms with Gasteiger partial charge in [0.1, 0.15) is 0 Å². The van der Waals surface area contributed by atoms with Gasteiger partial charge in [-0.1, -0.05) is 0 Å². The van der Waals surface area contributed by atoms with Gasteiger partial charge in [0.15, 0.2) is 0 Å². The van der Waals surface area contributed by atoms with Gasteiger partial charge in [0.25, 0.3) is 5.78 Å². The fraction of sp³-hybridized carbons (Fsp3) is 0.250. The molecule has 130 valence electrons. The van der Waals surface area contributed by atoms with E-state index in [4.69, 9.17) is 0 Å². The summed E-state index contributed by atoms with van der Waals surface area (Å²) in [6.45, 7) is 0. The van der Waals surface area contributed by atoms with Gasteiger partial charge in [0.05, 0.1) is 12.7 Å². The van der Waals surface area contributed by atoms with Crippen LogP contribution in [0.2, 0.25) is 0 Å². The molecule has 1 aromatic rings. The number of ether oxygens (including phenoxy) is 1. The smallest absolute Gasteiger partial charge is 0.454 e. The lowest BCUT2D eigenvalue weighted by Gasteiger charge is -2.10. The van der Waals surface area contributed by atoms with Crippen LogP contribution in [0.1, 0.15) is 10.4 Å². The number of rotatable bonds is 6. The summed E-state index contributed by atoms with van der Waals surface area (Å²) in [6, 6.07) is 5.88. The fourth-order valence-corrected chi connectivity index (χ4v) is 1.55. The molecule has 0 saturated heterocycles. The zero-order valence-corrected chi connectivity index (χ0v) is 13.3. The Balaban J connectivity index is 3.02. The van der Waals surface area contributed by atoms with Crippen LogP contribution < -0.4 is 5.32 Å². The second-order valence-electron chi connectivity index (χ2n) is 4.93. The number of carbonyl (C=O) groups is 2. The number of alkyl halides is 3. The van der Waals surface area contributed by atoms with Crippen LogP contribution in [0.5, 0.6) is 0 Å². The van der Waals surface area contributed by atoms with Crippen molar-refractivity contribution in [2.24, 2.45) is 0 Å². The Morgan fingerprint density at radius 1 is 1.17 bits per heavy atom. The lowest BCUT2D eigenvalue weighted by molar-refractivity contribution is -0.165. The first-order valence-electron chi connectivity index (χ1n) is 6.76. The maximum atomic E-state index is 12.4. The molecule has 0 aliphatic carbocycles. The van der Waals surface area contributed by atoms with Gasteiger partial charge < -0.3 is 15.0 Å². The minimum atomic E-state index is -4.95. The third-order valence-corrected chi connectivity index (χ3v) is 2.71. The highest BCUT2D eigenvalue weighted by molar-refractivity contribution is 5.95. The summed E-state index contributed by atoms with van der Waals surface area (Å²) in [4.78, 5) is 24.1. The average molecular weight is 342 g/mol. The van der Waals surface area contributed by atoms with Crippen molar-refractivity contribution in [2.45, 2.75) is 6.18 Å². The molecule has 0 radical (unpaired) electrons. The van der Waals surface area contributed by atoms with Crippen molar-refractivity contribution in [3.8, 4) is 0 Å². The Bertz CT molecular complexity index is 648. The number of allylic oxidation sites excluding steroid dienone is 2. The molecule has 1 aromatic carbocycles. The van der Waals surface area contributed by atoms with E-state index in [9.17, 15) is 22.8 Å². The van der Waals surface area contributed by atoms with E-state index in [1.807, 2.05) is 0 Å². The van der Waals surface area contributed by atoms with E-state index in [0.717, 1.165) is 0 Å². The van der Waals surface area contributed by atoms with Crippen LogP contribution in [0.15, 0.2) is 48.3 Å². The molecule has 0 unspecified atom stereocenters. The Kier molecular flexibility index (Phi) is 6.58. The maximum absolute atomic E-state index is 12.4. The Labute approximate surface area is 137 Å². The molecule has 0 fully saturated rings. The summed E-state index contributed by atoms with van der Waals surface area (Å²) in [5.74, 6) is -2.50. The molecule has 1 N–H and O–H groups in total. The van der Waals surface area contributed by atoms with Gasteiger partial charge in [-0.25, -0.2) is 4.79 Å². The molecule has 0 bridgehead atoms. The van der Waals surface area contributed by atoms with Gasteiger partial charge in [0, 0.05) is 37.8 Å². The molecule has 0 aliphatic rings. The van der Waals surface area contributed by atoms with Crippen LogP contribution in [-0.4, -0.2) is 44.0 Å². The van der Waals surface area contributed by atoms with Gasteiger partial charge in [-0.3, -0.25) is 4.79 Å². The SMILES string of the molecule is COC(=O)c1ccc(NC(/C=C/N(C)C)=C/C(=O)C(F)(F)F)cc1. The first-order valence-corrected chi connectivity index (χ1v) is 6.76. The molecule has 0 amide bonds. The maximum Gasteiger partial charge on any atom is 0.454 e. The van der Waals surface area contributed by atoms with Crippen molar-refractivity contribution >= 4 is 17.4 Å². The Hall–Kier alpha value is -2.77. The van der Waals surface area contributed by atoms with Gasteiger partial charge in [-0.15, -0.1) is 0 Å². The van der Waals surface area contributed by atoms with Gasteiger partial charge in [-0.2, -0.15) is 13.2 Å². The highest BCUT2D eigenvalue weighted by Gasteiger charge is 2.36. The number of ketones is 1. The molecule has 1 rings (SSSR count). The minimum absolute atomic E-state index is 0.0446. The van der Waals surface area contributed by atoms with Crippen molar-refractivity contribution in [3.05, 3.63) is 53.9 Å². The van der Waals surface area contributed by atoms with Crippen molar-refractivity contribution in [2.75, 3.05) is 26.5 Å². The molecule has 0 spiro atoms. The van der Waals surface area contributed by atoms with E-state index in [1.165, 1.54) is 43.7 Å². The number of nitrogens with one attached hydrogen (secondary N) is 1. The van der Waals surface area contributed by atoms with Crippen molar-refractivity contribution in [1.82, 2.24) is 4.90 Å². The third-order valence-electron chi connectivity index (χ3n) is 2.71. The average Bonchev–Trinajstić information content (AvgIpc) is 2.51. The zero-order valence-electron chi connectivity index (χ0n) is 13.3. The van der Waals surface area contributed by atoms with Crippen LogP contribution in [0.3, 0.4) is 0 Å². The quantitative estimate of drug-likeness (QED) is 0.489. The molecule has 0 atom stereocenters. The van der Waals surface area contributed by atoms with Crippen LogP contribution in [0.25, 0.3) is 0 Å². The highest BCUT2D eigenvalue weighted by Crippen LogP contribution is 2.19. The van der Waals surface area contributed by atoms with E-state index in [0.29, 0.717) is 17.3 Å². The molecule has 24 heavy (non-hydrogen) atoms. The second kappa shape index (κ2) is 8.19. The lowest BCUT2D eigenvalue weighted by Crippen LogP contribution is -2.21. The van der Waals surface area contributed by atoms with Crippen molar-refractivity contribution in [1.29, 1.82) is 0 Å². The number of benzene rings is 1. The van der Waals surface area contributed by atoms with Gasteiger partial charge in [0.2, 0.25) is 0 Å². The van der Waals surface area contributed by atoms with Crippen LogP contribution in [0, 0.1) is 0 Å². The molecular weight excluding hydrogens is 325 g/mol. The molecular formula is C16H17F3N2O3. The van der Waals surface area contributed by atoms with E-state index in [2.05, 4.69) is 10.1 Å². The van der Waals surface area contributed by atoms with E-state index < -0.39 is 17.9 Å². The summed E-state index contributed by atoms with van der Waals surface area (Å²) in [6.07, 6.45) is -1.66. The summed E-state index contributed by atoms with van der Waals surface area (Å²) >= 11 is 0. The number of hydrogen-bond acceptors (Lipinski definition) is 5. The van der Waals surface area contributed by atoms with Crippen LogP contribution >= 0.6 is 0 Å². The zero-order chi connectivity index (χ0) is 18.3. The third kappa shape index (κ3) is 6.15. The molecule has 0 saturated carbocycles. The number of methoxy groups -OCH3 is 1. The fourth-order valence-electron chi connectivity index (χ4n) is 1.55. The Morgan fingerprint density at radius 2 is 1.75 bits per heavy atom. The second-order valence-corrected chi connectivity index (χ2v) is 4.93. The highest BCUT2D eigenvalue weighted by atomic mass is 19.4. The predicted octanol–water partition coefficient (Wildman–Crippen LogP) is 2.98. The molecule has 0 aromatic heterocycles. The minimum Gasteiger partial charge on any atom is -0.465 e. The summed E-state index contributed by atoms with van der Waals surface area (Å²) in [5, 5.41) is 2.70. The van der Waals surface area contributed by atoms with Crippen molar-refractivity contribution in [3.63, 3.8) is 0 Å². The number of anilines is 1. The van der Waals surface area contributed by atoms with Gasteiger partial charge >= 0.3 is 12.1 Å². The van der Waals surface area contributed by atoms with Crippen LogP contribution in [0.4, 0.5) is 18.9 Å². The number of carbonyl (C=O) groups excluding carboxylic acids is 2. The van der Waals surface area contributed by atoms with Crippen molar-refractivity contribution < 1.29 is 27.5 Å². The normalized spacial score (nSPS) is 12.2.